The fourth-order valence-electron chi connectivity index (χ4n) is 1.54. The van der Waals surface area contributed by atoms with E-state index in [2.05, 4.69) is 10.6 Å². The second kappa shape index (κ2) is 6.68. The summed E-state index contributed by atoms with van der Waals surface area (Å²) in [5, 5.41) is 5.21. The normalized spacial score (nSPS) is 20.3. The van der Waals surface area contributed by atoms with Crippen LogP contribution < -0.4 is 10.6 Å². The molecule has 0 bridgehead atoms. The van der Waals surface area contributed by atoms with Gasteiger partial charge in [-0.05, 0) is 19.3 Å². The summed E-state index contributed by atoms with van der Waals surface area (Å²) in [6.07, 6.45) is -3.76. The van der Waals surface area contributed by atoms with Crippen LogP contribution in [0.15, 0.2) is 0 Å². The molecule has 1 unspecified atom stereocenters. The first kappa shape index (κ1) is 14.1. The van der Waals surface area contributed by atoms with E-state index in [0.717, 1.165) is 6.42 Å². The Balaban J connectivity index is 1.96. The maximum absolute atomic E-state index is 11.8. The standard InChI is InChI=1S/C10H17F3N2O2/c11-10(12,13)4-1-2-5-14-9(16)15-8-3-6-17-7-8/h8H,1-7H2,(H2,14,15,16). The summed E-state index contributed by atoms with van der Waals surface area (Å²) in [5.41, 5.74) is 0. The Hall–Kier alpha value is -0.980. The van der Waals surface area contributed by atoms with Gasteiger partial charge in [0.15, 0.2) is 0 Å². The number of nitrogens with one attached hydrogen (secondary N) is 2. The van der Waals surface area contributed by atoms with Gasteiger partial charge in [0.1, 0.15) is 0 Å². The SMILES string of the molecule is O=C(NCCCCC(F)(F)F)NC1CCOC1. The lowest BCUT2D eigenvalue weighted by molar-refractivity contribution is -0.135. The van der Waals surface area contributed by atoms with Crippen LogP contribution in [-0.4, -0.2) is 38.0 Å². The molecule has 0 aliphatic carbocycles. The van der Waals surface area contributed by atoms with E-state index in [1.165, 1.54) is 0 Å². The largest absolute Gasteiger partial charge is 0.389 e. The number of urea groups is 1. The maximum Gasteiger partial charge on any atom is 0.389 e. The van der Waals surface area contributed by atoms with Crippen molar-refractivity contribution < 1.29 is 22.7 Å². The van der Waals surface area contributed by atoms with Crippen LogP contribution in [0.3, 0.4) is 0 Å². The van der Waals surface area contributed by atoms with Crippen molar-refractivity contribution >= 4 is 6.03 Å². The lowest BCUT2D eigenvalue weighted by Gasteiger charge is -2.12. The fraction of sp³-hybridized carbons (Fsp3) is 0.900. The summed E-state index contributed by atoms with van der Waals surface area (Å²) in [4.78, 5) is 11.3. The minimum absolute atomic E-state index is 0.0187. The molecule has 1 saturated heterocycles. The average Bonchev–Trinajstić information content (AvgIpc) is 2.68. The van der Waals surface area contributed by atoms with Crippen LogP contribution >= 0.6 is 0 Å². The fourth-order valence-corrected chi connectivity index (χ4v) is 1.54. The van der Waals surface area contributed by atoms with Gasteiger partial charge in [-0.3, -0.25) is 0 Å². The highest BCUT2D eigenvalue weighted by atomic mass is 19.4. The number of alkyl halides is 3. The van der Waals surface area contributed by atoms with Gasteiger partial charge in [-0.15, -0.1) is 0 Å². The first-order valence-electron chi connectivity index (χ1n) is 5.66. The molecule has 0 aromatic heterocycles. The second-order valence-electron chi connectivity index (χ2n) is 4.03. The highest BCUT2D eigenvalue weighted by molar-refractivity contribution is 5.74. The van der Waals surface area contributed by atoms with Crippen molar-refractivity contribution in [3.8, 4) is 0 Å². The van der Waals surface area contributed by atoms with E-state index in [9.17, 15) is 18.0 Å². The van der Waals surface area contributed by atoms with Crippen molar-refractivity contribution in [1.29, 1.82) is 0 Å². The molecule has 17 heavy (non-hydrogen) atoms. The van der Waals surface area contributed by atoms with Crippen LogP contribution in [-0.2, 0) is 4.74 Å². The van der Waals surface area contributed by atoms with Gasteiger partial charge in [0, 0.05) is 19.6 Å². The van der Waals surface area contributed by atoms with E-state index in [1.807, 2.05) is 0 Å². The third kappa shape index (κ3) is 7.04. The van der Waals surface area contributed by atoms with Gasteiger partial charge in [-0.25, -0.2) is 4.79 Å². The number of amides is 2. The van der Waals surface area contributed by atoms with Crippen molar-refractivity contribution in [3.05, 3.63) is 0 Å². The number of ether oxygens (including phenoxy) is 1. The minimum atomic E-state index is -4.11. The van der Waals surface area contributed by atoms with Crippen molar-refractivity contribution in [2.75, 3.05) is 19.8 Å². The van der Waals surface area contributed by atoms with E-state index in [1.54, 1.807) is 0 Å². The lowest BCUT2D eigenvalue weighted by atomic mass is 10.2. The van der Waals surface area contributed by atoms with Crippen molar-refractivity contribution in [2.24, 2.45) is 0 Å². The van der Waals surface area contributed by atoms with Crippen LogP contribution in [0.1, 0.15) is 25.7 Å². The van der Waals surface area contributed by atoms with Crippen LogP contribution in [0.5, 0.6) is 0 Å². The molecule has 0 spiro atoms. The Kier molecular flexibility index (Phi) is 5.54. The molecule has 100 valence electrons. The smallest absolute Gasteiger partial charge is 0.379 e. The Labute approximate surface area is 97.9 Å². The van der Waals surface area contributed by atoms with Gasteiger partial charge in [-0.1, -0.05) is 0 Å². The second-order valence-corrected chi connectivity index (χ2v) is 4.03. The van der Waals surface area contributed by atoms with E-state index in [4.69, 9.17) is 4.74 Å². The molecular formula is C10H17F3N2O2. The van der Waals surface area contributed by atoms with Crippen LogP contribution in [0.25, 0.3) is 0 Å². The first-order chi connectivity index (χ1) is 7.97. The molecular weight excluding hydrogens is 237 g/mol. The van der Waals surface area contributed by atoms with E-state index in [-0.39, 0.29) is 25.0 Å². The summed E-state index contributed by atoms with van der Waals surface area (Å²) in [6, 6.07) is -0.322. The minimum Gasteiger partial charge on any atom is -0.379 e. The quantitative estimate of drug-likeness (QED) is 0.735. The maximum atomic E-state index is 11.8. The van der Waals surface area contributed by atoms with Crippen molar-refractivity contribution in [1.82, 2.24) is 10.6 Å². The molecule has 4 nitrogen and oxygen atoms in total. The molecule has 1 rings (SSSR count). The predicted molar refractivity (Wildman–Crippen MR) is 55.7 cm³/mol. The summed E-state index contributed by atoms with van der Waals surface area (Å²) in [6.45, 7) is 1.40. The van der Waals surface area contributed by atoms with Crippen molar-refractivity contribution in [3.63, 3.8) is 0 Å². The Morgan fingerprint density at radius 3 is 2.71 bits per heavy atom. The van der Waals surface area contributed by atoms with Gasteiger partial charge in [0.05, 0.1) is 12.6 Å². The summed E-state index contributed by atoms with van der Waals surface area (Å²) in [7, 11) is 0. The summed E-state index contributed by atoms with van der Waals surface area (Å²) >= 11 is 0. The number of rotatable bonds is 5. The molecule has 7 heteroatoms. The molecule has 1 heterocycles. The molecule has 1 fully saturated rings. The number of carbonyl (C=O) groups excluding carboxylic acids is 1. The molecule has 2 N–H and O–H groups in total. The predicted octanol–water partition coefficient (Wildman–Crippen LogP) is 1.81. The molecule has 1 aliphatic heterocycles. The molecule has 0 radical (unpaired) electrons. The van der Waals surface area contributed by atoms with Gasteiger partial charge in [0.25, 0.3) is 0 Å². The van der Waals surface area contributed by atoms with Crippen LogP contribution in [0.2, 0.25) is 0 Å². The zero-order valence-electron chi connectivity index (χ0n) is 9.48. The molecule has 2 amide bonds. The molecule has 0 saturated carbocycles. The topological polar surface area (TPSA) is 50.4 Å². The summed E-state index contributed by atoms with van der Waals surface area (Å²) < 4.78 is 40.5. The third-order valence-electron chi connectivity index (χ3n) is 2.44. The van der Waals surface area contributed by atoms with E-state index < -0.39 is 12.6 Å². The highest BCUT2D eigenvalue weighted by Crippen LogP contribution is 2.21. The zero-order valence-corrected chi connectivity index (χ0v) is 9.48. The number of halogens is 3. The molecule has 0 aromatic rings. The zero-order chi connectivity index (χ0) is 12.7. The van der Waals surface area contributed by atoms with E-state index in [0.29, 0.717) is 19.6 Å². The van der Waals surface area contributed by atoms with Gasteiger partial charge < -0.3 is 15.4 Å². The first-order valence-corrected chi connectivity index (χ1v) is 5.66. The highest BCUT2D eigenvalue weighted by Gasteiger charge is 2.25. The lowest BCUT2D eigenvalue weighted by Crippen LogP contribution is -2.42. The van der Waals surface area contributed by atoms with Crippen LogP contribution in [0.4, 0.5) is 18.0 Å². The Morgan fingerprint density at radius 1 is 1.35 bits per heavy atom. The van der Waals surface area contributed by atoms with Crippen molar-refractivity contribution in [2.45, 2.75) is 37.9 Å². The molecule has 1 atom stereocenters. The van der Waals surface area contributed by atoms with Crippen LogP contribution in [0, 0.1) is 0 Å². The number of unbranched alkanes of at least 4 members (excludes halogenated alkanes) is 1. The summed E-state index contributed by atoms with van der Waals surface area (Å²) in [5.74, 6) is 0. The number of hydrogen-bond donors (Lipinski definition) is 2. The monoisotopic (exact) mass is 254 g/mol. The Bertz CT molecular complexity index is 240. The molecule has 1 aliphatic rings. The van der Waals surface area contributed by atoms with Gasteiger partial charge in [-0.2, -0.15) is 13.2 Å². The number of carbonyl (C=O) groups is 1. The van der Waals surface area contributed by atoms with E-state index >= 15 is 0 Å². The average molecular weight is 254 g/mol. The molecule has 0 aromatic carbocycles. The third-order valence-corrected chi connectivity index (χ3v) is 2.44. The van der Waals surface area contributed by atoms with Gasteiger partial charge in [0.2, 0.25) is 0 Å². The Morgan fingerprint density at radius 2 is 2.12 bits per heavy atom. The van der Waals surface area contributed by atoms with Gasteiger partial charge >= 0.3 is 12.2 Å². The number of hydrogen-bond acceptors (Lipinski definition) is 2.